The maximum atomic E-state index is 14.3. The number of halogens is 3. The van der Waals surface area contributed by atoms with Crippen LogP contribution >= 0.6 is 11.6 Å². The van der Waals surface area contributed by atoms with Crippen molar-refractivity contribution >= 4 is 40.0 Å². The molecule has 0 aliphatic heterocycles. The highest BCUT2D eigenvalue weighted by Gasteiger charge is 2.35. The fraction of sp³-hybridized carbons (Fsp3) is 0.258. The van der Waals surface area contributed by atoms with Gasteiger partial charge in [-0.1, -0.05) is 55.1 Å². The summed E-state index contributed by atoms with van der Waals surface area (Å²) in [5.74, 6) is -1.96. The molecule has 1 fully saturated rings. The molecule has 5 nitrogen and oxygen atoms in total. The average Bonchev–Trinajstić information content (AvgIpc) is 2.93. The van der Waals surface area contributed by atoms with E-state index in [4.69, 9.17) is 11.6 Å². The summed E-state index contributed by atoms with van der Waals surface area (Å²) in [7, 11) is 0. The van der Waals surface area contributed by atoms with E-state index < -0.39 is 29.5 Å². The van der Waals surface area contributed by atoms with Crippen molar-refractivity contribution < 1.29 is 18.4 Å². The molecule has 200 valence electrons. The number of aryl methyl sites for hydroxylation is 1. The Bertz CT molecular complexity index is 1500. The SMILES string of the molecule is Cc1ccc2cc(C(=O)N(c3ccc(F)cc3)[C@@H](C(=O)NC3CCCCC3)c3ccc(F)cc3)c(Cl)nc2c1. The lowest BCUT2D eigenvalue weighted by Crippen LogP contribution is -2.47. The molecule has 8 heteroatoms. The molecule has 0 spiro atoms. The Hall–Kier alpha value is -3.84. The fourth-order valence-electron chi connectivity index (χ4n) is 5.11. The Morgan fingerprint density at radius 2 is 1.56 bits per heavy atom. The predicted octanol–water partition coefficient (Wildman–Crippen LogP) is 7.31. The van der Waals surface area contributed by atoms with Gasteiger partial charge in [-0.25, -0.2) is 13.8 Å². The molecule has 39 heavy (non-hydrogen) atoms. The molecule has 0 saturated heterocycles. The molecule has 4 aromatic rings. The first-order chi connectivity index (χ1) is 18.8. The molecule has 0 bridgehead atoms. The summed E-state index contributed by atoms with van der Waals surface area (Å²) < 4.78 is 27.8. The predicted molar refractivity (Wildman–Crippen MR) is 149 cm³/mol. The van der Waals surface area contributed by atoms with Gasteiger partial charge in [0.2, 0.25) is 5.91 Å². The first kappa shape index (κ1) is 26.8. The number of hydrogen-bond donors (Lipinski definition) is 1. The second-order valence-electron chi connectivity index (χ2n) is 9.97. The van der Waals surface area contributed by atoms with Crippen molar-refractivity contribution in [1.29, 1.82) is 0 Å². The largest absolute Gasteiger partial charge is 0.351 e. The van der Waals surface area contributed by atoms with E-state index in [9.17, 15) is 18.4 Å². The molecule has 0 radical (unpaired) electrons. The van der Waals surface area contributed by atoms with Crippen molar-refractivity contribution in [2.24, 2.45) is 0 Å². The van der Waals surface area contributed by atoms with Crippen molar-refractivity contribution in [3.63, 3.8) is 0 Å². The monoisotopic (exact) mass is 547 g/mol. The van der Waals surface area contributed by atoms with Gasteiger partial charge in [-0.3, -0.25) is 14.5 Å². The standard InChI is InChI=1S/C31H28ClF2N3O2/c1-19-7-8-21-18-26(29(32)36-27(21)17-19)31(39)37(25-15-13-23(34)14-16-25)28(20-9-11-22(33)12-10-20)30(38)35-24-5-3-2-4-6-24/h7-18,24,28H,2-6H2,1H3,(H,35,38)/t28-/m1/s1. The number of carbonyl (C=O) groups excluding carboxylic acids is 2. The third kappa shape index (κ3) is 5.93. The molecule has 1 N–H and O–H groups in total. The van der Waals surface area contributed by atoms with Crippen LogP contribution in [0.15, 0.2) is 72.8 Å². The molecule has 5 rings (SSSR count). The summed E-state index contributed by atoms with van der Waals surface area (Å²) in [6.07, 6.45) is 4.80. The molecule has 2 amide bonds. The smallest absolute Gasteiger partial charge is 0.262 e. The minimum Gasteiger partial charge on any atom is -0.351 e. The summed E-state index contributed by atoms with van der Waals surface area (Å²) in [6, 6.07) is 16.8. The van der Waals surface area contributed by atoms with Gasteiger partial charge in [0.15, 0.2) is 0 Å². The molecule has 1 aromatic heterocycles. The summed E-state index contributed by atoms with van der Waals surface area (Å²) in [6.45, 7) is 1.93. The van der Waals surface area contributed by atoms with Crippen LogP contribution in [0.2, 0.25) is 5.15 Å². The van der Waals surface area contributed by atoms with Crippen LogP contribution in [0.1, 0.15) is 59.6 Å². The van der Waals surface area contributed by atoms with Gasteiger partial charge in [-0.05, 0) is 79.4 Å². The molecule has 1 aliphatic carbocycles. The quantitative estimate of drug-likeness (QED) is 0.257. The minimum atomic E-state index is -1.17. The van der Waals surface area contributed by atoms with E-state index in [0.717, 1.165) is 37.7 Å². The number of amides is 2. The Morgan fingerprint density at radius 3 is 2.23 bits per heavy atom. The van der Waals surface area contributed by atoms with Gasteiger partial charge < -0.3 is 5.32 Å². The van der Waals surface area contributed by atoms with Gasteiger partial charge in [-0.15, -0.1) is 0 Å². The van der Waals surface area contributed by atoms with Gasteiger partial charge in [0.05, 0.1) is 11.1 Å². The second-order valence-corrected chi connectivity index (χ2v) is 10.3. The fourth-order valence-corrected chi connectivity index (χ4v) is 5.33. The molecule has 1 saturated carbocycles. The summed E-state index contributed by atoms with van der Waals surface area (Å²) in [4.78, 5) is 33.9. The molecule has 1 aliphatic rings. The minimum absolute atomic E-state index is 0.0178. The highest BCUT2D eigenvalue weighted by Crippen LogP contribution is 2.33. The summed E-state index contributed by atoms with van der Waals surface area (Å²) in [5.41, 5.74) is 2.41. The van der Waals surface area contributed by atoms with E-state index in [1.54, 1.807) is 6.07 Å². The van der Waals surface area contributed by atoms with Crippen molar-refractivity contribution in [2.75, 3.05) is 4.90 Å². The third-order valence-corrected chi connectivity index (χ3v) is 7.41. The maximum Gasteiger partial charge on any atom is 0.262 e. The molecule has 1 heterocycles. The van der Waals surface area contributed by atoms with Crippen LogP contribution in [0.4, 0.5) is 14.5 Å². The lowest BCUT2D eigenvalue weighted by Gasteiger charge is -2.33. The Balaban J connectivity index is 1.64. The number of aromatic nitrogens is 1. The second kappa shape index (κ2) is 11.5. The van der Waals surface area contributed by atoms with Gasteiger partial charge >= 0.3 is 0 Å². The van der Waals surface area contributed by atoms with Crippen LogP contribution in [0.5, 0.6) is 0 Å². The Morgan fingerprint density at radius 1 is 0.923 bits per heavy atom. The highest BCUT2D eigenvalue weighted by molar-refractivity contribution is 6.34. The normalized spacial score (nSPS) is 14.7. The van der Waals surface area contributed by atoms with Crippen LogP contribution in [-0.4, -0.2) is 22.8 Å². The number of carbonyl (C=O) groups is 2. The number of pyridine rings is 1. The molecule has 3 aromatic carbocycles. The highest BCUT2D eigenvalue weighted by atomic mass is 35.5. The number of anilines is 1. The Labute approximate surface area is 230 Å². The van der Waals surface area contributed by atoms with E-state index in [-0.39, 0.29) is 22.4 Å². The lowest BCUT2D eigenvalue weighted by atomic mass is 9.94. The van der Waals surface area contributed by atoms with Crippen LogP contribution in [-0.2, 0) is 4.79 Å². The molecule has 0 unspecified atom stereocenters. The van der Waals surface area contributed by atoms with Crippen molar-refractivity contribution in [3.8, 4) is 0 Å². The zero-order valence-corrected chi connectivity index (χ0v) is 22.2. The van der Waals surface area contributed by atoms with E-state index in [0.29, 0.717) is 16.5 Å². The Kier molecular flexibility index (Phi) is 7.89. The summed E-state index contributed by atoms with van der Waals surface area (Å²) in [5, 5.41) is 3.79. The summed E-state index contributed by atoms with van der Waals surface area (Å²) >= 11 is 6.55. The van der Waals surface area contributed by atoms with Crippen LogP contribution in [0, 0.1) is 18.6 Å². The first-order valence-electron chi connectivity index (χ1n) is 13.0. The van der Waals surface area contributed by atoms with Gasteiger partial charge in [-0.2, -0.15) is 0 Å². The number of rotatable bonds is 6. The third-order valence-electron chi connectivity index (χ3n) is 7.12. The van der Waals surface area contributed by atoms with Crippen LogP contribution in [0.25, 0.3) is 10.9 Å². The first-order valence-corrected chi connectivity index (χ1v) is 13.4. The molecule has 1 atom stereocenters. The number of nitrogens with one attached hydrogen (secondary N) is 1. The molecular weight excluding hydrogens is 520 g/mol. The number of hydrogen-bond acceptors (Lipinski definition) is 3. The van der Waals surface area contributed by atoms with Crippen LogP contribution < -0.4 is 10.2 Å². The number of benzene rings is 3. The van der Waals surface area contributed by atoms with Gasteiger partial charge in [0, 0.05) is 17.1 Å². The van der Waals surface area contributed by atoms with E-state index >= 15 is 0 Å². The number of nitrogens with zero attached hydrogens (tertiary/aromatic N) is 2. The van der Waals surface area contributed by atoms with Crippen molar-refractivity contribution in [3.05, 3.63) is 106 Å². The maximum absolute atomic E-state index is 14.3. The zero-order valence-electron chi connectivity index (χ0n) is 21.5. The average molecular weight is 548 g/mol. The molecular formula is C31H28ClF2N3O2. The van der Waals surface area contributed by atoms with E-state index in [1.165, 1.54) is 53.4 Å². The van der Waals surface area contributed by atoms with Crippen LogP contribution in [0.3, 0.4) is 0 Å². The van der Waals surface area contributed by atoms with Gasteiger partial charge in [0.25, 0.3) is 5.91 Å². The topological polar surface area (TPSA) is 62.3 Å². The zero-order chi connectivity index (χ0) is 27.5. The number of fused-ring (bicyclic) bond motifs is 1. The van der Waals surface area contributed by atoms with Crippen molar-refractivity contribution in [1.82, 2.24) is 10.3 Å². The van der Waals surface area contributed by atoms with E-state index in [2.05, 4.69) is 10.3 Å². The van der Waals surface area contributed by atoms with Gasteiger partial charge in [0.1, 0.15) is 22.8 Å². The lowest BCUT2D eigenvalue weighted by molar-refractivity contribution is -0.123. The van der Waals surface area contributed by atoms with Crippen molar-refractivity contribution in [2.45, 2.75) is 51.1 Å². The van der Waals surface area contributed by atoms with E-state index in [1.807, 2.05) is 25.1 Å².